The lowest BCUT2D eigenvalue weighted by Crippen LogP contribution is -2.44. The molecular formula is C14H22N2O3. The van der Waals surface area contributed by atoms with Crippen molar-refractivity contribution in [3.63, 3.8) is 0 Å². The molecule has 0 radical (unpaired) electrons. The molecule has 1 aromatic carbocycles. The van der Waals surface area contributed by atoms with E-state index in [9.17, 15) is 4.79 Å². The predicted octanol–water partition coefficient (Wildman–Crippen LogP) is 1.50. The summed E-state index contributed by atoms with van der Waals surface area (Å²) in [5.74, 6) is 5.75. The minimum absolute atomic E-state index is 0.147. The zero-order chi connectivity index (χ0) is 14.4. The van der Waals surface area contributed by atoms with Crippen LogP contribution in [0.5, 0.6) is 5.75 Å². The SMILES string of the molecule is COCC(Oc1cc(C)ccc1C(C)C)C(=O)NN. The third kappa shape index (κ3) is 4.22. The van der Waals surface area contributed by atoms with E-state index >= 15 is 0 Å². The second-order valence-electron chi connectivity index (χ2n) is 4.77. The Hall–Kier alpha value is -1.59. The first kappa shape index (κ1) is 15.5. The Balaban J connectivity index is 3.00. The number of rotatable bonds is 6. The molecule has 0 saturated carbocycles. The van der Waals surface area contributed by atoms with Crippen LogP contribution in [0.4, 0.5) is 0 Å². The Morgan fingerprint density at radius 2 is 2.11 bits per heavy atom. The van der Waals surface area contributed by atoms with Crippen LogP contribution >= 0.6 is 0 Å². The van der Waals surface area contributed by atoms with Crippen LogP contribution in [0, 0.1) is 6.92 Å². The van der Waals surface area contributed by atoms with Gasteiger partial charge in [-0.1, -0.05) is 26.0 Å². The highest BCUT2D eigenvalue weighted by Gasteiger charge is 2.21. The van der Waals surface area contributed by atoms with Crippen molar-refractivity contribution in [2.75, 3.05) is 13.7 Å². The van der Waals surface area contributed by atoms with E-state index in [4.69, 9.17) is 15.3 Å². The normalized spacial score (nSPS) is 12.3. The number of benzene rings is 1. The summed E-state index contributed by atoms with van der Waals surface area (Å²) >= 11 is 0. The van der Waals surface area contributed by atoms with E-state index < -0.39 is 12.0 Å². The van der Waals surface area contributed by atoms with E-state index in [1.165, 1.54) is 7.11 Å². The summed E-state index contributed by atoms with van der Waals surface area (Å²) < 4.78 is 10.8. The number of hydrogen-bond donors (Lipinski definition) is 2. The molecule has 0 aliphatic rings. The number of nitrogens with one attached hydrogen (secondary N) is 1. The van der Waals surface area contributed by atoms with Gasteiger partial charge >= 0.3 is 0 Å². The zero-order valence-electron chi connectivity index (χ0n) is 11.9. The molecule has 1 amide bonds. The van der Waals surface area contributed by atoms with Gasteiger partial charge in [-0.05, 0) is 30.0 Å². The molecule has 19 heavy (non-hydrogen) atoms. The smallest absolute Gasteiger partial charge is 0.277 e. The molecule has 0 bridgehead atoms. The molecule has 0 heterocycles. The van der Waals surface area contributed by atoms with Crippen LogP contribution in [0.2, 0.25) is 0 Å². The molecule has 106 valence electrons. The van der Waals surface area contributed by atoms with Crippen molar-refractivity contribution in [3.05, 3.63) is 29.3 Å². The molecule has 5 nitrogen and oxygen atoms in total. The van der Waals surface area contributed by atoms with Crippen molar-refractivity contribution in [1.29, 1.82) is 0 Å². The third-order valence-corrected chi connectivity index (χ3v) is 2.81. The molecule has 0 saturated heterocycles. The van der Waals surface area contributed by atoms with E-state index in [1.54, 1.807) is 0 Å². The van der Waals surface area contributed by atoms with Crippen molar-refractivity contribution in [1.82, 2.24) is 5.43 Å². The number of aryl methyl sites for hydroxylation is 1. The van der Waals surface area contributed by atoms with E-state index in [-0.39, 0.29) is 6.61 Å². The molecule has 1 unspecified atom stereocenters. The number of hydrogen-bond acceptors (Lipinski definition) is 4. The largest absolute Gasteiger partial charge is 0.478 e. The quantitative estimate of drug-likeness (QED) is 0.465. The van der Waals surface area contributed by atoms with E-state index in [0.717, 1.165) is 11.1 Å². The Kier molecular flexibility index (Phi) is 5.79. The molecule has 1 rings (SSSR count). The van der Waals surface area contributed by atoms with Crippen LogP contribution in [-0.4, -0.2) is 25.7 Å². The summed E-state index contributed by atoms with van der Waals surface area (Å²) in [6.45, 7) is 6.28. The average molecular weight is 266 g/mol. The molecule has 1 atom stereocenters. The lowest BCUT2D eigenvalue weighted by molar-refractivity contribution is -0.130. The van der Waals surface area contributed by atoms with Crippen molar-refractivity contribution in [2.24, 2.45) is 5.84 Å². The number of nitrogens with two attached hydrogens (primary N) is 1. The van der Waals surface area contributed by atoms with Crippen LogP contribution < -0.4 is 16.0 Å². The van der Waals surface area contributed by atoms with Crippen molar-refractivity contribution >= 4 is 5.91 Å². The standard InChI is InChI=1S/C14H22N2O3/c1-9(2)11-6-5-10(3)7-12(11)19-13(8-18-4)14(17)16-15/h5-7,9,13H,8,15H2,1-4H3,(H,16,17). The van der Waals surface area contributed by atoms with Gasteiger partial charge in [0.25, 0.3) is 5.91 Å². The number of methoxy groups -OCH3 is 1. The van der Waals surface area contributed by atoms with Crippen LogP contribution in [-0.2, 0) is 9.53 Å². The van der Waals surface area contributed by atoms with Gasteiger partial charge in [0.2, 0.25) is 6.10 Å². The third-order valence-electron chi connectivity index (χ3n) is 2.81. The van der Waals surface area contributed by atoms with Gasteiger partial charge < -0.3 is 9.47 Å². The molecular weight excluding hydrogens is 244 g/mol. The van der Waals surface area contributed by atoms with Crippen LogP contribution in [0.1, 0.15) is 30.9 Å². The minimum atomic E-state index is -0.755. The second kappa shape index (κ2) is 7.11. The minimum Gasteiger partial charge on any atom is -0.478 e. The lowest BCUT2D eigenvalue weighted by atomic mass is 10.0. The first-order valence-corrected chi connectivity index (χ1v) is 6.26. The topological polar surface area (TPSA) is 73.6 Å². The molecule has 3 N–H and O–H groups in total. The van der Waals surface area contributed by atoms with Crippen molar-refractivity contribution in [3.8, 4) is 5.75 Å². The Labute approximate surface area is 114 Å². The maximum absolute atomic E-state index is 11.6. The summed E-state index contributed by atoms with van der Waals surface area (Å²) in [5.41, 5.74) is 4.21. The Morgan fingerprint density at radius 1 is 1.42 bits per heavy atom. The van der Waals surface area contributed by atoms with Crippen molar-refractivity contribution < 1.29 is 14.3 Å². The fourth-order valence-electron chi connectivity index (χ4n) is 1.78. The van der Waals surface area contributed by atoms with E-state index in [2.05, 4.69) is 19.3 Å². The highest BCUT2D eigenvalue weighted by Crippen LogP contribution is 2.28. The highest BCUT2D eigenvalue weighted by atomic mass is 16.5. The molecule has 1 aromatic rings. The van der Waals surface area contributed by atoms with Gasteiger partial charge in [0.05, 0.1) is 6.61 Å². The first-order valence-electron chi connectivity index (χ1n) is 6.26. The fraction of sp³-hybridized carbons (Fsp3) is 0.500. The number of carbonyl (C=O) groups is 1. The Bertz CT molecular complexity index is 433. The molecule has 5 heteroatoms. The second-order valence-corrected chi connectivity index (χ2v) is 4.77. The zero-order valence-corrected chi connectivity index (χ0v) is 11.9. The highest BCUT2D eigenvalue weighted by molar-refractivity contribution is 5.80. The number of ether oxygens (including phenoxy) is 2. The van der Waals surface area contributed by atoms with Gasteiger partial charge in [0.1, 0.15) is 5.75 Å². The summed E-state index contributed by atoms with van der Waals surface area (Å²) in [5, 5.41) is 0. The molecule has 0 spiro atoms. The number of hydrazine groups is 1. The summed E-state index contributed by atoms with van der Waals surface area (Å²) in [6, 6.07) is 5.96. The maximum Gasteiger partial charge on any atom is 0.277 e. The number of amides is 1. The van der Waals surface area contributed by atoms with E-state index in [0.29, 0.717) is 11.7 Å². The van der Waals surface area contributed by atoms with Gasteiger partial charge in [0.15, 0.2) is 0 Å². The van der Waals surface area contributed by atoms with Gasteiger partial charge in [-0.3, -0.25) is 10.2 Å². The molecule has 0 aliphatic carbocycles. The molecule has 0 aliphatic heterocycles. The van der Waals surface area contributed by atoms with Gasteiger partial charge in [-0.15, -0.1) is 0 Å². The van der Waals surface area contributed by atoms with Crippen LogP contribution in [0.25, 0.3) is 0 Å². The lowest BCUT2D eigenvalue weighted by Gasteiger charge is -2.20. The summed E-state index contributed by atoms with van der Waals surface area (Å²) in [4.78, 5) is 11.6. The monoisotopic (exact) mass is 266 g/mol. The van der Waals surface area contributed by atoms with Gasteiger partial charge in [-0.25, -0.2) is 5.84 Å². The maximum atomic E-state index is 11.6. The Morgan fingerprint density at radius 3 is 2.63 bits per heavy atom. The first-order chi connectivity index (χ1) is 8.99. The average Bonchev–Trinajstić information content (AvgIpc) is 2.37. The van der Waals surface area contributed by atoms with Crippen LogP contribution in [0.3, 0.4) is 0 Å². The fourth-order valence-corrected chi connectivity index (χ4v) is 1.78. The summed E-state index contributed by atoms with van der Waals surface area (Å²) in [7, 11) is 1.51. The molecule has 0 fully saturated rings. The molecule has 0 aromatic heterocycles. The van der Waals surface area contributed by atoms with Gasteiger partial charge in [-0.2, -0.15) is 0 Å². The van der Waals surface area contributed by atoms with Crippen LogP contribution in [0.15, 0.2) is 18.2 Å². The number of carbonyl (C=O) groups excluding carboxylic acids is 1. The summed E-state index contributed by atoms with van der Waals surface area (Å²) in [6.07, 6.45) is -0.755. The van der Waals surface area contributed by atoms with Crippen molar-refractivity contribution in [2.45, 2.75) is 32.8 Å². The van der Waals surface area contributed by atoms with E-state index in [1.807, 2.05) is 25.1 Å². The van der Waals surface area contributed by atoms with Gasteiger partial charge in [0, 0.05) is 7.11 Å². The predicted molar refractivity (Wildman–Crippen MR) is 73.9 cm³/mol.